The van der Waals surface area contributed by atoms with Crippen LogP contribution in [0.2, 0.25) is 0 Å². The zero-order valence-electron chi connectivity index (χ0n) is 14.3. The number of nitrogens with one attached hydrogen (secondary N) is 1. The average Bonchev–Trinajstić information content (AvgIpc) is 3.28. The lowest BCUT2D eigenvalue weighted by molar-refractivity contribution is 0.0950. The van der Waals surface area contributed by atoms with E-state index in [4.69, 9.17) is 0 Å². The topological polar surface area (TPSA) is 72.7 Å². The first kappa shape index (κ1) is 15.5. The van der Waals surface area contributed by atoms with Crippen LogP contribution in [-0.2, 0) is 6.54 Å². The van der Waals surface area contributed by atoms with Gasteiger partial charge in [-0.3, -0.25) is 9.78 Å². The molecule has 0 atom stereocenters. The van der Waals surface area contributed by atoms with Gasteiger partial charge in [0.1, 0.15) is 11.3 Å². The Hall–Kier alpha value is -2.80. The number of hydrogen-bond acceptors (Lipinski definition) is 5. The number of pyridine rings is 1. The monoisotopic (exact) mass is 363 g/mol. The van der Waals surface area contributed by atoms with Gasteiger partial charge in [0.2, 0.25) is 0 Å². The highest BCUT2D eigenvalue weighted by Gasteiger charge is 2.26. The van der Waals surface area contributed by atoms with E-state index in [-0.39, 0.29) is 5.91 Å². The molecule has 7 heteroatoms. The number of rotatable bonds is 4. The molecule has 0 spiro atoms. The Labute approximate surface area is 153 Å². The molecule has 0 bridgehead atoms. The minimum absolute atomic E-state index is 0.161. The quantitative estimate of drug-likeness (QED) is 0.601. The lowest BCUT2D eigenvalue weighted by atomic mass is 10.2. The van der Waals surface area contributed by atoms with E-state index in [1.807, 2.05) is 6.07 Å². The van der Waals surface area contributed by atoms with Crippen molar-refractivity contribution >= 4 is 38.5 Å². The zero-order chi connectivity index (χ0) is 17.7. The number of fused-ring (bicyclic) bond motifs is 2. The lowest BCUT2D eigenvalue weighted by Crippen LogP contribution is -2.22. The average molecular weight is 363 g/mol. The third-order valence-corrected chi connectivity index (χ3v) is 5.71. The molecule has 130 valence electrons. The number of imidazole rings is 1. The lowest BCUT2D eigenvalue weighted by Gasteiger charge is -2.05. The van der Waals surface area contributed by atoms with Crippen LogP contribution < -0.4 is 5.32 Å². The van der Waals surface area contributed by atoms with Gasteiger partial charge in [-0.25, -0.2) is 9.97 Å². The fraction of sp³-hybridized carbons (Fsp3) is 0.263. The van der Waals surface area contributed by atoms with Gasteiger partial charge in [-0.2, -0.15) is 0 Å². The Balaban J connectivity index is 1.35. The molecule has 1 aliphatic rings. The number of carbonyl (C=O) groups excluding carboxylic acids is 1. The van der Waals surface area contributed by atoms with Crippen LogP contribution in [0.3, 0.4) is 0 Å². The Morgan fingerprint density at radius 2 is 2.15 bits per heavy atom. The van der Waals surface area contributed by atoms with Crippen molar-refractivity contribution < 1.29 is 4.79 Å². The number of aromatic nitrogens is 4. The van der Waals surface area contributed by atoms with Crippen LogP contribution in [0.4, 0.5) is 0 Å². The fourth-order valence-electron chi connectivity index (χ4n) is 3.30. The SMILES string of the molecule is Cc1nc2cc(CNC(=O)c3nc4cnccc4s3)ccc2n1C1CC1. The first-order valence-electron chi connectivity index (χ1n) is 8.65. The Morgan fingerprint density at radius 3 is 2.96 bits per heavy atom. The van der Waals surface area contributed by atoms with Gasteiger partial charge in [-0.1, -0.05) is 6.07 Å². The molecular weight excluding hydrogens is 346 g/mol. The highest BCUT2D eigenvalue weighted by Crippen LogP contribution is 2.38. The first-order valence-corrected chi connectivity index (χ1v) is 9.47. The minimum atomic E-state index is -0.161. The second-order valence-electron chi connectivity index (χ2n) is 6.63. The molecule has 5 rings (SSSR count). The van der Waals surface area contributed by atoms with Gasteiger partial charge in [0.25, 0.3) is 5.91 Å². The number of hydrogen-bond donors (Lipinski definition) is 1. The predicted molar refractivity (Wildman–Crippen MR) is 101 cm³/mol. The maximum absolute atomic E-state index is 12.4. The van der Waals surface area contributed by atoms with Gasteiger partial charge >= 0.3 is 0 Å². The number of amides is 1. The molecule has 1 aliphatic carbocycles. The molecule has 1 saturated carbocycles. The maximum Gasteiger partial charge on any atom is 0.280 e. The van der Waals surface area contributed by atoms with E-state index in [0.29, 0.717) is 17.6 Å². The van der Waals surface area contributed by atoms with Crippen molar-refractivity contribution in [1.29, 1.82) is 0 Å². The maximum atomic E-state index is 12.4. The number of benzene rings is 1. The van der Waals surface area contributed by atoms with E-state index in [1.165, 1.54) is 29.7 Å². The summed E-state index contributed by atoms with van der Waals surface area (Å²) >= 11 is 1.38. The number of carbonyl (C=O) groups is 1. The van der Waals surface area contributed by atoms with Crippen molar-refractivity contribution in [2.75, 3.05) is 0 Å². The van der Waals surface area contributed by atoms with Crippen molar-refractivity contribution in [3.8, 4) is 0 Å². The second kappa shape index (κ2) is 5.88. The number of nitrogens with zero attached hydrogens (tertiary/aromatic N) is 4. The molecule has 26 heavy (non-hydrogen) atoms. The molecule has 3 aromatic heterocycles. The number of thiazole rings is 1. The van der Waals surface area contributed by atoms with Crippen LogP contribution >= 0.6 is 11.3 Å². The third-order valence-electron chi connectivity index (χ3n) is 4.68. The van der Waals surface area contributed by atoms with Crippen LogP contribution in [-0.4, -0.2) is 25.4 Å². The summed E-state index contributed by atoms with van der Waals surface area (Å²) in [5, 5.41) is 3.41. The summed E-state index contributed by atoms with van der Waals surface area (Å²) in [6.07, 6.45) is 5.86. The van der Waals surface area contributed by atoms with Gasteiger partial charge in [-0.15, -0.1) is 11.3 Å². The molecule has 6 nitrogen and oxygen atoms in total. The van der Waals surface area contributed by atoms with Crippen LogP contribution in [0.1, 0.15) is 40.1 Å². The van der Waals surface area contributed by atoms with E-state index >= 15 is 0 Å². The Morgan fingerprint density at radius 1 is 1.27 bits per heavy atom. The van der Waals surface area contributed by atoms with Crippen LogP contribution in [0.15, 0.2) is 36.7 Å². The van der Waals surface area contributed by atoms with Crippen LogP contribution in [0.25, 0.3) is 21.3 Å². The van der Waals surface area contributed by atoms with Crippen molar-refractivity contribution in [2.24, 2.45) is 0 Å². The van der Waals surface area contributed by atoms with Crippen molar-refractivity contribution in [3.05, 3.63) is 53.1 Å². The van der Waals surface area contributed by atoms with Crippen LogP contribution in [0, 0.1) is 6.92 Å². The molecule has 1 N–H and O–H groups in total. The molecule has 1 amide bonds. The van der Waals surface area contributed by atoms with Crippen molar-refractivity contribution in [1.82, 2.24) is 24.8 Å². The molecule has 0 saturated heterocycles. The molecule has 0 aliphatic heterocycles. The summed E-state index contributed by atoms with van der Waals surface area (Å²) in [5.74, 6) is 0.901. The van der Waals surface area contributed by atoms with E-state index in [0.717, 1.165) is 27.1 Å². The second-order valence-corrected chi connectivity index (χ2v) is 7.66. The summed E-state index contributed by atoms with van der Waals surface area (Å²) in [6.45, 7) is 2.51. The highest BCUT2D eigenvalue weighted by atomic mass is 32.1. The fourth-order valence-corrected chi connectivity index (χ4v) is 4.15. The summed E-state index contributed by atoms with van der Waals surface area (Å²) in [6, 6.07) is 8.71. The van der Waals surface area contributed by atoms with Crippen LogP contribution in [0.5, 0.6) is 0 Å². The van der Waals surface area contributed by atoms with Gasteiger partial charge in [0.15, 0.2) is 5.01 Å². The van der Waals surface area contributed by atoms with Gasteiger partial charge in [-0.05, 0) is 43.5 Å². The summed E-state index contributed by atoms with van der Waals surface area (Å²) < 4.78 is 3.29. The largest absolute Gasteiger partial charge is 0.346 e. The van der Waals surface area contributed by atoms with E-state index in [1.54, 1.807) is 12.4 Å². The molecule has 4 aromatic rings. The molecular formula is C19H17N5OS. The normalized spacial score (nSPS) is 14.2. The Kier molecular flexibility index (Phi) is 3.49. The minimum Gasteiger partial charge on any atom is -0.346 e. The van der Waals surface area contributed by atoms with E-state index in [2.05, 4.69) is 50.0 Å². The summed E-state index contributed by atoms with van der Waals surface area (Å²) in [5.41, 5.74) is 3.96. The van der Waals surface area contributed by atoms with E-state index in [9.17, 15) is 4.79 Å². The highest BCUT2D eigenvalue weighted by molar-refractivity contribution is 7.20. The molecule has 3 heterocycles. The summed E-state index contributed by atoms with van der Waals surface area (Å²) in [4.78, 5) is 25.5. The molecule has 1 fully saturated rings. The molecule has 0 unspecified atom stereocenters. The van der Waals surface area contributed by atoms with Crippen molar-refractivity contribution in [3.63, 3.8) is 0 Å². The molecule has 0 radical (unpaired) electrons. The van der Waals surface area contributed by atoms with Gasteiger partial charge in [0.05, 0.1) is 21.9 Å². The number of aryl methyl sites for hydroxylation is 1. The predicted octanol–water partition coefficient (Wildman–Crippen LogP) is 3.61. The smallest absolute Gasteiger partial charge is 0.280 e. The third kappa shape index (κ3) is 2.64. The van der Waals surface area contributed by atoms with Gasteiger partial charge < -0.3 is 9.88 Å². The Bertz CT molecular complexity index is 1110. The van der Waals surface area contributed by atoms with Gasteiger partial charge in [0, 0.05) is 18.8 Å². The summed E-state index contributed by atoms with van der Waals surface area (Å²) in [7, 11) is 0. The van der Waals surface area contributed by atoms with Crippen molar-refractivity contribution in [2.45, 2.75) is 32.4 Å². The zero-order valence-corrected chi connectivity index (χ0v) is 15.1. The first-order chi connectivity index (χ1) is 12.7. The van der Waals surface area contributed by atoms with E-state index < -0.39 is 0 Å². The standard InChI is InChI=1S/C19H17N5OS/c1-11-22-14-8-12(2-5-16(14)24(11)13-3-4-13)9-21-18(25)19-23-15-10-20-7-6-17(15)26-19/h2,5-8,10,13H,3-4,9H2,1H3,(H,21,25). The molecule has 1 aromatic carbocycles.